The van der Waals surface area contributed by atoms with Crippen molar-refractivity contribution in [2.75, 3.05) is 25.6 Å². The number of rotatable bonds is 2. The molecule has 2 N–H and O–H groups in total. The molecule has 9 heteroatoms. The Hall–Kier alpha value is -3.39. The van der Waals surface area contributed by atoms with Gasteiger partial charge in [-0.2, -0.15) is 0 Å². The molecule has 0 unspecified atom stereocenters. The molecule has 0 radical (unpaired) electrons. The van der Waals surface area contributed by atoms with Crippen molar-refractivity contribution in [3.63, 3.8) is 0 Å². The minimum absolute atomic E-state index is 0.0172. The van der Waals surface area contributed by atoms with E-state index in [1.807, 2.05) is 26.0 Å². The summed E-state index contributed by atoms with van der Waals surface area (Å²) < 4.78 is 11.5. The van der Waals surface area contributed by atoms with Crippen molar-refractivity contribution in [1.82, 2.24) is 15.3 Å². The van der Waals surface area contributed by atoms with E-state index < -0.39 is 5.92 Å². The molecule has 8 nitrogen and oxygen atoms in total. The van der Waals surface area contributed by atoms with Crippen LogP contribution in [0.3, 0.4) is 0 Å². The summed E-state index contributed by atoms with van der Waals surface area (Å²) in [5, 5.41) is 7.55. The molecule has 0 fully saturated rings. The van der Waals surface area contributed by atoms with Gasteiger partial charge in [-0.25, -0.2) is 9.97 Å². The van der Waals surface area contributed by atoms with Crippen molar-refractivity contribution in [3.8, 4) is 11.5 Å². The number of carbonyl (C=O) groups excluding carboxylic acids is 2. The number of hydrogen-bond acceptors (Lipinski definition) is 7. The van der Waals surface area contributed by atoms with Gasteiger partial charge in [0.15, 0.2) is 11.5 Å². The highest BCUT2D eigenvalue weighted by Crippen LogP contribution is 2.36. The number of ketones is 1. The first-order valence-corrected chi connectivity index (χ1v) is 12.0. The molecule has 4 rings (SSSR count). The molecule has 1 amide bonds. The van der Waals surface area contributed by atoms with E-state index >= 15 is 0 Å². The second-order valence-corrected chi connectivity index (χ2v) is 9.37. The Kier molecular flexibility index (Phi) is 7.70. The lowest BCUT2D eigenvalue weighted by atomic mass is 9.88. The number of nitrogens with zero attached hydrogens (tertiary/aromatic N) is 2. The predicted octanol–water partition coefficient (Wildman–Crippen LogP) is 4.71. The first kappa shape index (κ1) is 24.7. The lowest BCUT2D eigenvalue weighted by Crippen LogP contribution is -2.36. The van der Waals surface area contributed by atoms with Crippen LogP contribution in [0, 0.1) is 11.8 Å². The number of carbonyl (C=O) groups is 2. The summed E-state index contributed by atoms with van der Waals surface area (Å²) in [6.07, 6.45) is 2.40. The van der Waals surface area contributed by atoms with Crippen molar-refractivity contribution < 1.29 is 19.1 Å². The number of amides is 1. The zero-order valence-electron chi connectivity index (χ0n) is 20.1. The summed E-state index contributed by atoms with van der Waals surface area (Å²) in [6, 6.07) is 8.96. The van der Waals surface area contributed by atoms with Crippen molar-refractivity contribution in [3.05, 3.63) is 47.2 Å². The molecule has 2 bridgehead atoms. The van der Waals surface area contributed by atoms with Crippen LogP contribution >= 0.6 is 11.6 Å². The van der Waals surface area contributed by atoms with E-state index in [9.17, 15) is 9.59 Å². The minimum Gasteiger partial charge on any atom is -0.493 e. The van der Waals surface area contributed by atoms with Crippen LogP contribution in [0.4, 0.5) is 11.5 Å². The first-order chi connectivity index (χ1) is 16.9. The molecule has 0 aliphatic carbocycles. The highest BCUT2D eigenvalue weighted by Gasteiger charge is 2.25. The molecule has 0 saturated carbocycles. The lowest BCUT2D eigenvalue weighted by Gasteiger charge is -2.20. The normalized spacial score (nSPS) is 17.3. The number of ether oxygens (including phenoxy) is 2. The number of fused-ring (bicyclic) bond motifs is 2. The van der Waals surface area contributed by atoms with Gasteiger partial charge < -0.3 is 20.1 Å². The molecule has 184 valence electrons. The summed E-state index contributed by atoms with van der Waals surface area (Å²) >= 11 is 6.29. The van der Waals surface area contributed by atoms with Crippen molar-refractivity contribution >= 4 is 45.7 Å². The molecule has 2 aromatic carbocycles. The monoisotopic (exact) mass is 496 g/mol. The molecule has 2 heterocycles. The Morgan fingerprint density at radius 1 is 1.17 bits per heavy atom. The highest BCUT2D eigenvalue weighted by molar-refractivity contribution is 6.31. The maximum atomic E-state index is 13.0. The van der Waals surface area contributed by atoms with Crippen LogP contribution < -0.4 is 20.1 Å². The van der Waals surface area contributed by atoms with Crippen LogP contribution in [0.1, 0.15) is 32.3 Å². The maximum Gasteiger partial charge on any atom is 0.223 e. The van der Waals surface area contributed by atoms with Gasteiger partial charge in [0.25, 0.3) is 0 Å². The topological polar surface area (TPSA) is 102 Å². The zero-order chi connectivity index (χ0) is 24.9. The Morgan fingerprint density at radius 2 is 2.00 bits per heavy atom. The van der Waals surface area contributed by atoms with Gasteiger partial charge in [0.05, 0.1) is 19.2 Å². The number of nitrogens with one attached hydrogen (secondary N) is 2. The molecule has 1 atom stereocenters. The predicted molar refractivity (Wildman–Crippen MR) is 136 cm³/mol. The quantitative estimate of drug-likeness (QED) is 0.529. The number of benzene rings is 2. The third-order valence-corrected chi connectivity index (χ3v) is 6.34. The molecule has 1 aliphatic heterocycles. The van der Waals surface area contributed by atoms with E-state index in [1.54, 1.807) is 25.3 Å². The summed E-state index contributed by atoms with van der Waals surface area (Å²) in [5.41, 5.74) is 2.11. The molecule has 1 aliphatic rings. The fourth-order valence-electron chi connectivity index (χ4n) is 4.14. The van der Waals surface area contributed by atoms with Gasteiger partial charge in [-0.05, 0) is 36.1 Å². The van der Waals surface area contributed by atoms with E-state index in [0.717, 1.165) is 10.9 Å². The number of anilines is 2. The standard InChI is InChI=1S/C26H29ClN4O4/c1-15(2)19-11-18(32)9-16-5-6-17(27)10-21(16)31-25-20-12-24(35-8-4-7-28-26(19)33)23(34-3)13-22(20)29-14-30-25/h5-6,10,12-15,19H,4,7-9,11H2,1-3H3,(H,28,33)(H,29,30,31)/t19-/m1/s1. The SMILES string of the molecule is COc1cc2ncnc3c2cc1OCCCNC(=O)[C@@H](C(C)C)CC(=O)Cc1ccc(Cl)cc1N3. The maximum absolute atomic E-state index is 13.0. The number of aromatic nitrogens is 2. The van der Waals surface area contributed by atoms with Crippen molar-refractivity contribution in [1.29, 1.82) is 0 Å². The fraction of sp³-hybridized carbons (Fsp3) is 0.385. The Balaban J connectivity index is 1.77. The average molecular weight is 497 g/mol. The van der Waals surface area contributed by atoms with Crippen molar-refractivity contribution in [2.24, 2.45) is 11.8 Å². The molecule has 0 spiro atoms. The van der Waals surface area contributed by atoms with Crippen molar-refractivity contribution in [2.45, 2.75) is 33.1 Å². The van der Waals surface area contributed by atoms with E-state index in [4.69, 9.17) is 21.1 Å². The third kappa shape index (κ3) is 5.82. The van der Waals surface area contributed by atoms with Crippen LogP contribution in [-0.4, -0.2) is 41.9 Å². The Labute approximate surface area is 209 Å². The number of Topliss-reactive ketones (excluding diaryl/α,β-unsaturated/α-hetero) is 1. The second-order valence-electron chi connectivity index (χ2n) is 8.93. The minimum atomic E-state index is -0.403. The van der Waals surface area contributed by atoms with Gasteiger partial charge in [-0.3, -0.25) is 9.59 Å². The van der Waals surface area contributed by atoms with Crippen LogP contribution in [0.25, 0.3) is 10.9 Å². The van der Waals surface area contributed by atoms with E-state index in [-0.39, 0.29) is 30.4 Å². The molecular weight excluding hydrogens is 468 g/mol. The molecule has 0 saturated heterocycles. The molecule has 1 aromatic heterocycles. The molecule has 35 heavy (non-hydrogen) atoms. The van der Waals surface area contributed by atoms with Gasteiger partial charge in [0, 0.05) is 47.5 Å². The van der Waals surface area contributed by atoms with Crippen LogP contribution in [0.15, 0.2) is 36.7 Å². The van der Waals surface area contributed by atoms with E-state index in [1.165, 1.54) is 6.33 Å². The Bertz CT molecular complexity index is 1250. The largest absolute Gasteiger partial charge is 0.493 e. The first-order valence-electron chi connectivity index (χ1n) is 11.7. The molecule has 3 aromatic rings. The van der Waals surface area contributed by atoms with Gasteiger partial charge in [0.2, 0.25) is 5.91 Å². The average Bonchev–Trinajstić information content (AvgIpc) is 2.83. The number of methoxy groups -OCH3 is 1. The van der Waals surface area contributed by atoms with Gasteiger partial charge >= 0.3 is 0 Å². The summed E-state index contributed by atoms with van der Waals surface area (Å²) in [5.74, 6) is 1.15. The number of hydrogen-bond donors (Lipinski definition) is 2. The van der Waals surface area contributed by atoms with Gasteiger partial charge in [-0.1, -0.05) is 31.5 Å². The Morgan fingerprint density at radius 3 is 2.77 bits per heavy atom. The number of halogens is 1. The summed E-state index contributed by atoms with van der Waals surface area (Å²) in [7, 11) is 1.57. The molecular formula is C26H29ClN4O4. The van der Waals surface area contributed by atoms with Crippen LogP contribution in [0.5, 0.6) is 11.5 Å². The van der Waals surface area contributed by atoms with E-state index in [0.29, 0.717) is 53.1 Å². The third-order valence-electron chi connectivity index (χ3n) is 6.10. The lowest BCUT2D eigenvalue weighted by molar-refractivity contribution is -0.130. The van der Waals surface area contributed by atoms with Gasteiger partial charge in [-0.15, -0.1) is 0 Å². The summed E-state index contributed by atoms with van der Waals surface area (Å²) in [4.78, 5) is 34.7. The second kappa shape index (κ2) is 10.9. The highest BCUT2D eigenvalue weighted by atomic mass is 35.5. The summed E-state index contributed by atoms with van der Waals surface area (Å²) in [6.45, 7) is 4.74. The zero-order valence-corrected chi connectivity index (χ0v) is 20.8. The van der Waals surface area contributed by atoms with E-state index in [2.05, 4.69) is 20.6 Å². The van der Waals surface area contributed by atoms with Gasteiger partial charge in [0.1, 0.15) is 17.9 Å². The van der Waals surface area contributed by atoms with Crippen LogP contribution in [0.2, 0.25) is 5.02 Å². The van der Waals surface area contributed by atoms with Crippen LogP contribution in [-0.2, 0) is 16.0 Å². The fourth-order valence-corrected chi connectivity index (χ4v) is 4.31. The smallest absolute Gasteiger partial charge is 0.223 e.